The molecule has 0 saturated heterocycles. The van der Waals surface area contributed by atoms with Gasteiger partial charge in [0.25, 0.3) is 5.91 Å². The van der Waals surface area contributed by atoms with Gasteiger partial charge in [-0.15, -0.1) is 11.8 Å². The van der Waals surface area contributed by atoms with E-state index in [0.29, 0.717) is 6.54 Å². The SMILES string of the molecule is O=C(NCCCSc1c(Cl)ccc2c1CCNCC2)c1ccc(C(F)(F)F)cc1.O=C(O)C(F)(F)F. The van der Waals surface area contributed by atoms with E-state index in [1.54, 1.807) is 11.8 Å². The van der Waals surface area contributed by atoms with Gasteiger partial charge in [0, 0.05) is 17.0 Å². The molecule has 13 heteroatoms. The van der Waals surface area contributed by atoms with Gasteiger partial charge in [0.1, 0.15) is 0 Å². The number of fused-ring (bicyclic) bond motifs is 1. The van der Waals surface area contributed by atoms with E-state index in [1.165, 1.54) is 23.3 Å². The number of amides is 1. The first-order valence-electron chi connectivity index (χ1n) is 10.7. The first-order valence-corrected chi connectivity index (χ1v) is 12.1. The van der Waals surface area contributed by atoms with E-state index < -0.39 is 23.9 Å². The number of carboxylic acids is 1. The Morgan fingerprint density at radius 2 is 1.61 bits per heavy atom. The van der Waals surface area contributed by atoms with Crippen molar-refractivity contribution in [3.8, 4) is 0 Å². The molecule has 0 atom stereocenters. The lowest BCUT2D eigenvalue weighted by Crippen LogP contribution is -2.24. The van der Waals surface area contributed by atoms with Crippen LogP contribution in [-0.4, -0.2) is 48.5 Å². The molecule has 36 heavy (non-hydrogen) atoms. The summed E-state index contributed by atoms with van der Waals surface area (Å²) in [6, 6.07) is 8.27. The average Bonchev–Trinajstić information content (AvgIpc) is 3.05. The van der Waals surface area contributed by atoms with Crippen LogP contribution in [0, 0.1) is 0 Å². The van der Waals surface area contributed by atoms with Crippen LogP contribution in [-0.2, 0) is 23.8 Å². The highest BCUT2D eigenvalue weighted by Crippen LogP contribution is 2.34. The molecular weight excluding hydrogens is 534 g/mol. The number of benzene rings is 2. The van der Waals surface area contributed by atoms with E-state index in [1.807, 2.05) is 6.07 Å². The molecule has 3 N–H and O–H groups in total. The van der Waals surface area contributed by atoms with Gasteiger partial charge >= 0.3 is 18.3 Å². The van der Waals surface area contributed by atoms with Gasteiger partial charge in [0.2, 0.25) is 0 Å². The maximum absolute atomic E-state index is 12.6. The molecule has 1 aliphatic heterocycles. The third kappa shape index (κ3) is 9.21. The van der Waals surface area contributed by atoms with Crippen molar-refractivity contribution in [2.45, 2.75) is 36.5 Å². The zero-order chi connectivity index (χ0) is 26.9. The monoisotopic (exact) mass is 556 g/mol. The smallest absolute Gasteiger partial charge is 0.475 e. The Morgan fingerprint density at radius 3 is 2.19 bits per heavy atom. The number of rotatable bonds is 6. The van der Waals surface area contributed by atoms with Crippen molar-refractivity contribution in [1.29, 1.82) is 0 Å². The summed E-state index contributed by atoms with van der Waals surface area (Å²) in [7, 11) is 0. The van der Waals surface area contributed by atoms with Crippen LogP contribution in [0.5, 0.6) is 0 Å². The third-order valence-corrected chi connectivity index (χ3v) is 6.68. The predicted octanol–water partition coefficient (Wildman–Crippen LogP) is 5.59. The summed E-state index contributed by atoms with van der Waals surface area (Å²) >= 11 is 8.10. The molecule has 0 aliphatic carbocycles. The van der Waals surface area contributed by atoms with Crippen LogP contribution in [0.3, 0.4) is 0 Å². The van der Waals surface area contributed by atoms with E-state index in [9.17, 15) is 31.1 Å². The van der Waals surface area contributed by atoms with Crippen LogP contribution in [0.25, 0.3) is 0 Å². The molecule has 0 fully saturated rings. The highest BCUT2D eigenvalue weighted by molar-refractivity contribution is 7.99. The lowest BCUT2D eigenvalue weighted by Gasteiger charge is -2.14. The van der Waals surface area contributed by atoms with Crippen LogP contribution in [0.4, 0.5) is 26.3 Å². The molecule has 0 spiro atoms. The second-order valence-electron chi connectivity index (χ2n) is 7.60. The molecule has 1 aliphatic rings. The van der Waals surface area contributed by atoms with Crippen LogP contribution in [0.2, 0.25) is 5.02 Å². The van der Waals surface area contributed by atoms with Crippen molar-refractivity contribution in [2.75, 3.05) is 25.4 Å². The minimum Gasteiger partial charge on any atom is -0.475 e. The molecule has 2 aromatic rings. The van der Waals surface area contributed by atoms with Gasteiger partial charge in [-0.05, 0) is 79.6 Å². The molecule has 1 heterocycles. The molecule has 0 unspecified atom stereocenters. The summed E-state index contributed by atoms with van der Waals surface area (Å²) in [4.78, 5) is 22.1. The minimum atomic E-state index is -5.08. The maximum atomic E-state index is 12.6. The van der Waals surface area contributed by atoms with E-state index in [0.717, 1.165) is 60.2 Å². The van der Waals surface area contributed by atoms with Gasteiger partial charge in [0.05, 0.1) is 10.6 Å². The highest BCUT2D eigenvalue weighted by Gasteiger charge is 2.38. The number of carboxylic acid groups (broad SMARTS) is 1. The molecule has 5 nitrogen and oxygen atoms in total. The fourth-order valence-corrected chi connectivity index (χ4v) is 4.67. The van der Waals surface area contributed by atoms with Crippen LogP contribution in [0.15, 0.2) is 41.3 Å². The minimum absolute atomic E-state index is 0.217. The number of carbonyl (C=O) groups excluding carboxylic acids is 1. The van der Waals surface area contributed by atoms with Crippen LogP contribution >= 0.6 is 23.4 Å². The second kappa shape index (κ2) is 13.2. The Balaban J connectivity index is 0.000000572. The van der Waals surface area contributed by atoms with Gasteiger partial charge in [-0.2, -0.15) is 26.3 Å². The molecule has 0 bridgehead atoms. The summed E-state index contributed by atoms with van der Waals surface area (Å²) in [5, 5.41) is 14.0. The number of hydrogen-bond acceptors (Lipinski definition) is 4. The van der Waals surface area contributed by atoms with Crippen molar-refractivity contribution >= 4 is 35.2 Å². The Hall–Kier alpha value is -2.44. The summed E-state index contributed by atoms with van der Waals surface area (Å²) < 4.78 is 69.5. The van der Waals surface area contributed by atoms with Crippen LogP contribution in [0.1, 0.15) is 33.5 Å². The molecular formula is C23H23ClF6N2O3S. The predicted molar refractivity (Wildman–Crippen MR) is 125 cm³/mol. The number of thioether (sulfide) groups is 1. The Labute approximate surface area is 212 Å². The van der Waals surface area contributed by atoms with E-state index in [4.69, 9.17) is 21.5 Å². The largest absolute Gasteiger partial charge is 0.490 e. The number of alkyl halides is 6. The fraction of sp³-hybridized carbons (Fsp3) is 0.391. The molecule has 3 rings (SSSR count). The molecule has 0 radical (unpaired) electrons. The van der Waals surface area contributed by atoms with Gasteiger partial charge < -0.3 is 15.7 Å². The van der Waals surface area contributed by atoms with Crippen molar-refractivity contribution < 1.29 is 41.0 Å². The summed E-state index contributed by atoms with van der Waals surface area (Å²) in [6.45, 7) is 2.35. The zero-order valence-corrected chi connectivity index (χ0v) is 20.3. The first-order chi connectivity index (χ1) is 16.8. The van der Waals surface area contributed by atoms with Crippen molar-refractivity contribution in [3.05, 3.63) is 63.7 Å². The maximum Gasteiger partial charge on any atom is 0.490 e. The van der Waals surface area contributed by atoms with E-state index in [-0.39, 0.29) is 11.5 Å². The van der Waals surface area contributed by atoms with Gasteiger partial charge in [-0.1, -0.05) is 17.7 Å². The number of hydrogen-bond donors (Lipinski definition) is 3. The lowest BCUT2D eigenvalue weighted by molar-refractivity contribution is -0.192. The second-order valence-corrected chi connectivity index (χ2v) is 9.11. The Morgan fingerprint density at radius 1 is 1.00 bits per heavy atom. The highest BCUT2D eigenvalue weighted by atomic mass is 35.5. The number of aliphatic carboxylic acids is 1. The van der Waals surface area contributed by atoms with E-state index >= 15 is 0 Å². The van der Waals surface area contributed by atoms with Crippen LogP contribution < -0.4 is 10.6 Å². The average molecular weight is 557 g/mol. The van der Waals surface area contributed by atoms with Crippen molar-refractivity contribution in [3.63, 3.8) is 0 Å². The molecule has 198 valence electrons. The summed E-state index contributed by atoms with van der Waals surface area (Å²) in [5.41, 5.74) is 2.09. The van der Waals surface area contributed by atoms with Gasteiger partial charge in [-0.25, -0.2) is 4.79 Å². The first kappa shape index (κ1) is 29.8. The number of nitrogens with one attached hydrogen (secondary N) is 2. The standard InChI is InChI=1S/C21H22ClF3N2OS.C2HF3O2/c22-18-7-4-14-8-11-26-12-9-17(14)19(18)29-13-1-10-27-20(28)15-2-5-16(6-3-15)21(23,24)25;3-2(4,5)1(6)7/h2-7,26H,1,8-13H2,(H,27,28);(H,6,7). The molecule has 0 saturated carbocycles. The third-order valence-electron chi connectivity index (χ3n) is 5.00. The fourth-order valence-electron chi connectivity index (χ4n) is 3.23. The van der Waals surface area contributed by atoms with Gasteiger partial charge in [0.15, 0.2) is 0 Å². The van der Waals surface area contributed by atoms with Crippen molar-refractivity contribution in [1.82, 2.24) is 10.6 Å². The van der Waals surface area contributed by atoms with Crippen molar-refractivity contribution in [2.24, 2.45) is 0 Å². The number of halogens is 7. The molecule has 0 aromatic heterocycles. The molecule has 1 amide bonds. The quantitative estimate of drug-likeness (QED) is 0.246. The topological polar surface area (TPSA) is 78.4 Å². The zero-order valence-electron chi connectivity index (χ0n) is 18.7. The number of carbonyl (C=O) groups is 2. The van der Waals surface area contributed by atoms with E-state index in [2.05, 4.69) is 16.7 Å². The lowest BCUT2D eigenvalue weighted by atomic mass is 10.0. The summed E-state index contributed by atoms with van der Waals surface area (Å²) in [6.07, 6.45) is -6.82. The Bertz CT molecular complexity index is 1050. The van der Waals surface area contributed by atoms with Gasteiger partial charge in [-0.3, -0.25) is 4.79 Å². The Kier molecular flexibility index (Phi) is 10.9. The molecule has 2 aromatic carbocycles. The normalized spacial score (nSPS) is 13.6. The summed E-state index contributed by atoms with van der Waals surface area (Å²) in [5.74, 6) is -2.34.